The van der Waals surface area contributed by atoms with Crippen LogP contribution in [-0.4, -0.2) is 78.6 Å². The van der Waals surface area contributed by atoms with E-state index in [1.165, 1.54) is 4.68 Å². The Kier molecular flexibility index (Phi) is 10.4. The average molecular weight is 904 g/mol. The maximum absolute atomic E-state index is 14.8. The van der Waals surface area contributed by atoms with Crippen molar-refractivity contribution in [3.05, 3.63) is 159 Å². The van der Waals surface area contributed by atoms with E-state index in [1.807, 2.05) is 26.0 Å². The van der Waals surface area contributed by atoms with E-state index < -0.39 is 52.9 Å². The number of hydrogen-bond donors (Lipinski definition) is 0. The van der Waals surface area contributed by atoms with Crippen LogP contribution in [0.3, 0.4) is 0 Å². The molecule has 2 aliphatic rings. The standard InChI is InChI=1S/C47H39F6N11O2/c1-5-38-55-45(47(66)61-18-13-31-41(24(61)2)56-59(4)43(31)27-19-33(48)39(52)34(49)20-27)58-64(38)29-10-8-26(9-11-29)23-63-44(28-21-35(50)40(53)36(51)22-28)32-14-17-60(25(3)42(32)57-63)46(65)30-7-6-16-62-37(30)12-15-54-62/h6-12,15-16,19-22,24-25H,5,13-14,17-18,23H2,1-4H3/t24-,25-/m0/s1. The lowest BCUT2D eigenvalue weighted by molar-refractivity contribution is 0.0657. The van der Waals surface area contributed by atoms with E-state index in [9.17, 15) is 35.9 Å². The predicted molar refractivity (Wildman–Crippen MR) is 227 cm³/mol. The van der Waals surface area contributed by atoms with Gasteiger partial charge in [0.15, 0.2) is 34.9 Å². The highest BCUT2D eigenvalue weighted by molar-refractivity contribution is 6.01. The van der Waals surface area contributed by atoms with Gasteiger partial charge in [-0.1, -0.05) is 19.1 Å². The Morgan fingerprint density at radius 1 is 0.712 bits per heavy atom. The van der Waals surface area contributed by atoms with Crippen LogP contribution in [0.25, 0.3) is 33.7 Å². The van der Waals surface area contributed by atoms with E-state index in [0.717, 1.165) is 29.8 Å². The van der Waals surface area contributed by atoms with E-state index in [0.29, 0.717) is 75.8 Å². The van der Waals surface area contributed by atoms with Gasteiger partial charge in [-0.15, -0.1) is 5.10 Å². The Morgan fingerprint density at radius 2 is 1.29 bits per heavy atom. The van der Waals surface area contributed by atoms with Gasteiger partial charge in [0.1, 0.15) is 5.82 Å². The second kappa shape index (κ2) is 16.1. The number of benzene rings is 3. The van der Waals surface area contributed by atoms with Crippen LogP contribution in [0.5, 0.6) is 0 Å². The van der Waals surface area contributed by atoms with Gasteiger partial charge >= 0.3 is 0 Å². The smallest absolute Gasteiger partial charge is 0.294 e. The first-order valence-electron chi connectivity index (χ1n) is 21.3. The molecule has 7 heterocycles. The summed E-state index contributed by atoms with van der Waals surface area (Å²) in [4.78, 5) is 36.0. The van der Waals surface area contributed by atoms with E-state index >= 15 is 0 Å². The summed E-state index contributed by atoms with van der Waals surface area (Å²) in [6.45, 7) is 6.17. The summed E-state index contributed by atoms with van der Waals surface area (Å²) in [7, 11) is 1.62. The van der Waals surface area contributed by atoms with Crippen LogP contribution < -0.4 is 0 Å². The van der Waals surface area contributed by atoms with Gasteiger partial charge in [-0.2, -0.15) is 15.3 Å². The number of carbonyl (C=O) groups excluding carboxylic acids is 2. The van der Waals surface area contributed by atoms with Gasteiger partial charge < -0.3 is 9.80 Å². The summed E-state index contributed by atoms with van der Waals surface area (Å²) in [6, 6.07) is 15.1. The Hall–Kier alpha value is -7.57. The zero-order valence-corrected chi connectivity index (χ0v) is 35.9. The highest BCUT2D eigenvalue weighted by Gasteiger charge is 2.37. The lowest BCUT2D eigenvalue weighted by Crippen LogP contribution is -2.39. The molecule has 0 aliphatic carbocycles. The van der Waals surface area contributed by atoms with Crippen LogP contribution in [0.4, 0.5) is 26.3 Å². The van der Waals surface area contributed by atoms with E-state index in [-0.39, 0.29) is 42.5 Å². The van der Waals surface area contributed by atoms with Crippen molar-refractivity contribution in [3.8, 4) is 28.2 Å². The summed E-state index contributed by atoms with van der Waals surface area (Å²) < 4.78 is 92.3. The zero-order chi connectivity index (χ0) is 46.3. The molecule has 2 atom stereocenters. The number of fused-ring (bicyclic) bond motifs is 3. The lowest BCUT2D eigenvalue weighted by Gasteiger charge is -2.33. The molecule has 0 radical (unpaired) electrons. The minimum Gasteiger partial charge on any atom is -0.330 e. The number of carbonyl (C=O) groups is 2. The van der Waals surface area contributed by atoms with E-state index in [1.54, 1.807) is 80.4 Å². The molecule has 336 valence electrons. The number of halogens is 6. The Labute approximate surface area is 372 Å². The summed E-state index contributed by atoms with van der Waals surface area (Å²) in [6.07, 6.45) is 4.41. The summed E-state index contributed by atoms with van der Waals surface area (Å²) in [5.74, 6) is -8.66. The fraction of sp³-hybridized carbons (Fsp3) is 0.255. The van der Waals surface area contributed by atoms with Crippen molar-refractivity contribution in [1.29, 1.82) is 0 Å². The largest absolute Gasteiger partial charge is 0.330 e. The number of aryl methyl sites for hydroxylation is 2. The third-order valence-corrected chi connectivity index (χ3v) is 12.6. The molecule has 0 saturated carbocycles. The molecule has 10 rings (SSSR count). The van der Waals surface area contributed by atoms with Crippen LogP contribution in [0.1, 0.15) is 87.7 Å². The first kappa shape index (κ1) is 42.4. The monoisotopic (exact) mass is 903 g/mol. The fourth-order valence-corrected chi connectivity index (χ4v) is 9.36. The second-order valence-electron chi connectivity index (χ2n) is 16.4. The molecule has 0 saturated heterocycles. The lowest BCUT2D eigenvalue weighted by atomic mass is 9.94. The minimum atomic E-state index is -1.58. The Morgan fingerprint density at radius 3 is 1.91 bits per heavy atom. The number of rotatable bonds is 8. The number of aromatic nitrogens is 9. The molecule has 5 aromatic heterocycles. The molecule has 0 fully saturated rings. The summed E-state index contributed by atoms with van der Waals surface area (Å²) in [5, 5.41) is 18.4. The summed E-state index contributed by atoms with van der Waals surface area (Å²) >= 11 is 0. The van der Waals surface area contributed by atoms with Gasteiger partial charge in [0, 0.05) is 55.0 Å². The first-order valence-corrected chi connectivity index (χ1v) is 21.3. The maximum atomic E-state index is 14.8. The van der Waals surface area contributed by atoms with Crippen LogP contribution in [-0.2, 0) is 32.9 Å². The number of nitrogens with zero attached hydrogens (tertiary/aromatic N) is 11. The summed E-state index contributed by atoms with van der Waals surface area (Å²) in [5.41, 5.74) is 5.95. The molecule has 2 amide bonds. The quantitative estimate of drug-likeness (QED) is 0.111. The van der Waals surface area contributed by atoms with Crippen molar-refractivity contribution in [2.75, 3.05) is 13.1 Å². The predicted octanol–water partition coefficient (Wildman–Crippen LogP) is 8.14. The normalized spacial score (nSPS) is 16.0. The fourth-order valence-electron chi connectivity index (χ4n) is 9.36. The van der Waals surface area contributed by atoms with Crippen molar-refractivity contribution in [2.45, 2.75) is 58.7 Å². The third kappa shape index (κ3) is 6.91. The molecule has 0 unspecified atom stereocenters. The van der Waals surface area contributed by atoms with Crippen molar-refractivity contribution < 1.29 is 35.9 Å². The maximum Gasteiger partial charge on any atom is 0.294 e. The van der Waals surface area contributed by atoms with Crippen LogP contribution in [0.2, 0.25) is 0 Å². The molecule has 3 aromatic carbocycles. The number of hydrogen-bond acceptors (Lipinski definition) is 7. The first-order chi connectivity index (χ1) is 31.7. The highest BCUT2D eigenvalue weighted by atomic mass is 19.2. The Balaban J connectivity index is 0.923. The molecule has 66 heavy (non-hydrogen) atoms. The molecule has 0 spiro atoms. The van der Waals surface area contributed by atoms with Gasteiger partial charge in [0.2, 0.25) is 5.82 Å². The van der Waals surface area contributed by atoms with Gasteiger partial charge in [0.05, 0.1) is 64.4 Å². The van der Waals surface area contributed by atoms with E-state index in [2.05, 4.69) is 20.3 Å². The van der Waals surface area contributed by atoms with Crippen molar-refractivity contribution in [3.63, 3.8) is 0 Å². The molecular weight excluding hydrogens is 865 g/mol. The molecular formula is C47H39F6N11O2. The third-order valence-electron chi connectivity index (χ3n) is 12.6. The van der Waals surface area contributed by atoms with E-state index in [4.69, 9.17) is 5.10 Å². The van der Waals surface area contributed by atoms with Gasteiger partial charge in [-0.25, -0.2) is 40.5 Å². The van der Waals surface area contributed by atoms with Crippen molar-refractivity contribution in [1.82, 2.24) is 53.7 Å². The SMILES string of the molecule is CCc1nc(C(=O)N2CCc3c(nn(C)c3-c3cc(F)c(F)c(F)c3)[C@@H]2C)nn1-c1ccc(Cn2nc3c(c2-c2cc(F)c(F)c(F)c2)CCN(C(=O)c2cccn4nccc24)[C@H]3C)cc1. The van der Waals surface area contributed by atoms with Crippen LogP contribution >= 0.6 is 0 Å². The molecule has 19 heteroatoms. The zero-order valence-electron chi connectivity index (χ0n) is 35.9. The van der Waals surface area contributed by atoms with Gasteiger partial charge in [0.25, 0.3) is 11.8 Å². The minimum absolute atomic E-state index is 0.0425. The molecule has 8 aromatic rings. The molecule has 0 N–H and O–H groups in total. The Bertz CT molecular complexity index is 3220. The molecule has 2 aliphatic heterocycles. The van der Waals surface area contributed by atoms with Crippen LogP contribution in [0, 0.1) is 34.9 Å². The van der Waals surface area contributed by atoms with Crippen molar-refractivity contribution >= 4 is 17.3 Å². The average Bonchev–Trinajstić information content (AvgIpc) is 4.11. The highest BCUT2D eigenvalue weighted by Crippen LogP contribution is 2.39. The molecule has 13 nitrogen and oxygen atoms in total. The molecule has 0 bridgehead atoms. The number of pyridine rings is 1. The topological polar surface area (TPSA) is 124 Å². The van der Waals surface area contributed by atoms with Crippen LogP contribution in [0.15, 0.2) is 79.1 Å². The second-order valence-corrected chi connectivity index (χ2v) is 16.4. The van der Waals surface area contributed by atoms with Gasteiger partial charge in [-0.3, -0.25) is 19.0 Å². The van der Waals surface area contributed by atoms with Gasteiger partial charge in [-0.05, 0) is 86.8 Å². The van der Waals surface area contributed by atoms with Crippen molar-refractivity contribution in [2.24, 2.45) is 7.05 Å². The number of amides is 2.